The van der Waals surface area contributed by atoms with Crippen molar-refractivity contribution in [3.05, 3.63) is 114 Å². The molecule has 0 aliphatic carbocycles. The fourth-order valence-electron chi connectivity index (χ4n) is 5.26. The van der Waals surface area contributed by atoms with E-state index in [0.29, 0.717) is 37.6 Å². The van der Waals surface area contributed by atoms with E-state index in [9.17, 15) is 14.0 Å². The summed E-state index contributed by atoms with van der Waals surface area (Å²) in [6.45, 7) is 1.68. The lowest BCUT2D eigenvalue weighted by Gasteiger charge is -2.42. The highest BCUT2D eigenvalue weighted by Crippen LogP contribution is 2.36. The van der Waals surface area contributed by atoms with Crippen LogP contribution in [0.25, 0.3) is 11.3 Å². The van der Waals surface area contributed by atoms with Gasteiger partial charge < -0.3 is 19.0 Å². The average molecular weight is 541 g/mol. The summed E-state index contributed by atoms with van der Waals surface area (Å²) in [4.78, 5) is 30.5. The molecule has 3 aromatic carbocycles. The van der Waals surface area contributed by atoms with E-state index >= 15 is 0 Å². The van der Waals surface area contributed by atoms with Crippen LogP contribution in [0.15, 0.2) is 101 Å². The second kappa shape index (κ2) is 12.2. The molecule has 6 nitrogen and oxygen atoms in total. The summed E-state index contributed by atoms with van der Waals surface area (Å²) in [6, 6.07) is 28.9. The number of ether oxygens (including phenoxy) is 1. The van der Waals surface area contributed by atoms with Crippen LogP contribution in [0.3, 0.4) is 0 Å². The lowest BCUT2D eigenvalue weighted by atomic mass is 9.77. The number of para-hydroxylation sites is 1. The highest BCUT2D eigenvalue weighted by molar-refractivity contribution is 5.92. The molecule has 0 bridgehead atoms. The highest BCUT2D eigenvalue weighted by atomic mass is 19.1. The van der Waals surface area contributed by atoms with Gasteiger partial charge in [-0.2, -0.15) is 0 Å². The van der Waals surface area contributed by atoms with Crippen molar-refractivity contribution in [2.75, 3.05) is 26.7 Å². The van der Waals surface area contributed by atoms with Crippen molar-refractivity contribution < 1.29 is 23.1 Å². The molecule has 1 aliphatic heterocycles. The molecule has 5 rings (SSSR count). The Kier molecular flexibility index (Phi) is 8.29. The summed E-state index contributed by atoms with van der Waals surface area (Å²) in [5.74, 6) is 0.464. The molecule has 7 heteroatoms. The van der Waals surface area contributed by atoms with Crippen LogP contribution in [0.5, 0.6) is 5.75 Å². The largest absolute Gasteiger partial charge is 0.493 e. The smallest absolute Gasteiger partial charge is 0.289 e. The number of rotatable bonds is 9. The Morgan fingerprint density at radius 3 is 2.40 bits per heavy atom. The molecule has 1 atom stereocenters. The monoisotopic (exact) mass is 540 g/mol. The number of nitrogens with zero attached hydrogens (tertiary/aromatic N) is 2. The first-order chi connectivity index (χ1) is 19.4. The Bertz CT molecular complexity index is 1440. The molecule has 1 fully saturated rings. The third kappa shape index (κ3) is 6.42. The molecular weight excluding hydrogens is 507 g/mol. The predicted molar refractivity (Wildman–Crippen MR) is 151 cm³/mol. The van der Waals surface area contributed by atoms with Crippen LogP contribution >= 0.6 is 0 Å². The first-order valence-corrected chi connectivity index (χ1v) is 13.5. The van der Waals surface area contributed by atoms with Gasteiger partial charge in [0.05, 0.1) is 12.2 Å². The maximum atomic E-state index is 14.3. The number of furan rings is 1. The molecule has 1 saturated heterocycles. The van der Waals surface area contributed by atoms with Crippen molar-refractivity contribution in [3.8, 4) is 17.1 Å². The van der Waals surface area contributed by atoms with Crippen LogP contribution in [0.1, 0.15) is 35.4 Å². The summed E-state index contributed by atoms with van der Waals surface area (Å²) in [5.41, 5.74) is 0.780. The molecule has 0 N–H and O–H groups in total. The predicted octanol–water partition coefficient (Wildman–Crippen LogP) is 6.44. The number of carbonyl (C=O) groups excluding carboxylic acids is 2. The van der Waals surface area contributed by atoms with Gasteiger partial charge in [0.25, 0.3) is 5.91 Å². The van der Waals surface area contributed by atoms with Gasteiger partial charge in [0, 0.05) is 38.5 Å². The molecule has 2 amide bonds. The van der Waals surface area contributed by atoms with E-state index in [1.807, 2.05) is 60.7 Å². The summed E-state index contributed by atoms with van der Waals surface area (Å²) in [6.07, 6.45) is 1.71. The van der Waals surface area contributed by atoms with Gasteiger partial charge in [-0.25, -0.2) is 4.39 Å². The molecule has 0 unspecified atom stereocenters. The minimum Gasteiger partial charge on any atom is -0.493 e. The number of hydrogen-bond donors (Lipinski definition) is 0. The molecule has 0 spiro atoms. The second-order valence-corrected chi connectivity index (χ2v) is 10.5. The fraction of sp³-hybridized carbons (Fsp3) is 0.273. The molecular formula is C33H33FN2O4. The number of piperidine rings is 1. The third-order valence-electron chi connectivity index (χ3n) is 7.41. The van der Waals surface area contributed by atoms with Gasteiger partial charge in [0.1, 0.15) is 17.3 Å². The van der Waals surface area contributed by atoms with Crippen molar-refractivity contribution in [1.82, 2.24) is 9.80 Å². The zero-order valence-corrected chi connectivity index (χ0v) is 22.6. The van der Waals surface area contributed by atoms with Gasteiger partial charge in [0.15, 0.2) is 5.76 Å². The topological polar surface area (TPSA) is 63.0 Å². The third-order valence-corrected chi connectivity index (χ3v) is 7.41. The number of carbonyl (C=O) groups is 2. The van der Waals surface area contributed by atoms with Crippen LogP contribution in [-0.2, 0) is 11.3 Å². The summed E-state index contributed by atoms with van der Waals surface area (Å²) < 4.78 is 26.3. The molecule has 206 valence electrons. The van der Waals surface area contributed by atoms with Crippen molar-refractivity contribution in [3.63, 3.8) is 0 Å². The maximum absolute atomic E-state index is 14.3. The Labute approximate surface area is 234 Å². The van der Waals surface area contributed by atoms with Crippen LogP contribution in [0.4, 0.5) is 4.39 Å². The first-order valence-electron chi connectivity index (χ1n) is 13.5. The van der Waals surface area contributed by atoms with E-state index in [1.54, 1.807) is 47.2 Å². The molecule has 1 aliphatic rings. The summed E-state index contributed by atoms with van der Waals surface area (Å²) in [7, 11) is 1.81. The second-order valence-electron chi connectivity index (χ2n) is 10.5. The van der Waals surface area contributed by atoms with Crippen molar-refractivity contribution in [2.45, 2.75) is 25.8 Å². The van der Waals surface area contributed by atoms with Crippen LogP contribution in [0.2, 0.25) is 0 Å². The van der Waals surface area contributed by atoms with Gasteiger partial charge in [-0.1, -0.05) is 60.7 Å². The van der Waals surface area contributed by atoms with E-state index < -0.39 is 11.2 Å². The minimum absolute atomic E-state index is 0.00495. The maximum Gasteiger partial charge on any atom is 0.289 e. The van der Waals surface area contributed by atoms with Gasteiger partial charge in [-0.3, -0.25) is 9.59 Å². The average Bonchev–Trinajstić information content (AvgIpc) is 3.47. The van der Waals surface area contributed by atoms with Crippen LogP contribution < -0.4 is 4.74 Å². The van der Waals surface area contributed by atoms with Gasteiger partial charge in [-0.05, 0) is 54.8 Å². The lowest BCUT2D eigenvalue weighted by Crippen LogP contribution is -2.50. The molecule has 0 radical (unpaired) electrons. The van der Waals surface area contributed by atoms with E-state index in [-0.39, 0.29) is 24.0 Å². The number of amides is 2. The van der Waals surface area contributed by atoms with Gasteiger partial charge >= 0.3 is 0 Å². The first kappa shape index (κ1) is 27.2. The normalized spacial score (nSPS) is 16.9. The zero-order chi connectivity index (χ0) is 28.0. The molecule has 2 heterocycles. The fourth-order valence-corrected chi connectivity index (χ4v) is 5.26. The number of likely N-dealkylation sites (tertiary alicyclic amines) is 1. The zero-order valence-electron chi connectivity index (χ0n) is 22.6. The van der Waals surface area contributed by atoms with Gasteiger partial charge in [0.2, 0.25) is 5.91 Å². The molecule has 40 heavy (non-hydrogen) atoms. The number of halogens is 1. The molecule has 0 saturated carbocycles. The quantitative estimate of drug-likeness (QED) is 0.245. The highest BCUT2D eigenvalue weighted by Gasteiger charge is 2.41. The SMILES string of the molecule is CN(Cc1ccccc1)C(=O)C[C@@]1(COc2ccccc2)CCCN(C(=O)c2ccc(-c3ccccc3F)o2)C1. The Morgan fingerprint density at radius 2 is 1.65 bits per heavy atom. The van der Waals surface area contributed by atoms with Crippen molar-refractivity contribution >= 4 is 11.8 Å². The van der Waals surface area contributed by atoms with Crippen LogP contribution in [0, 0.1) is 11.2 Å². The Hall–Kier alpha value is -4.39. The minimum atomic E-state index is -0.577. The van der Waals surface area contributed by atoms with Gasteiger partial charge in [-0.15, -0.1) is 0 Å². The Morgan fingerprint density at radius 1 is 0.950 bits per heavy atom. The van der Waals surface area contributed by atoms with E-state index in [2.05, 4.69) is 0 Å². The lowest BCUT2D eigenvalue weighted by molar-refractivity contribution is -0.134. The molecule has 4 aromatic rings. The van der Waals surface area contributed by atoms with Crippen molar-refractivity contribution in [2.24, 2.45) is 5.41 Å². The van der Waals surface area contributed by atoms with Crippen molar-refractivity contribution in [1.29, 1.82) is 0 Å². The summed E-state index contributed by atoms with van der Waals surface area (Å²) >= 11 is 0. The number of benzene rings is 3. The van der Waals surface area contributed by atoms with E-state index in [0.717, 1.165) is 24.2 Å². The summed E-state index contributed by atoms with van der Waals surface area (Å²) in [5, 5.41) is 0. The number of hydrogen-bond acceptors (Lipinski definition) is 4. The standard InChI is InChI=1S/C33H33FN2O4/c1-35(22-25-11-4-2-5-12-25)31(37)21-33(24-39-26-13-6-3-7-14-26)19-10-20-36(23-33)32(38)30-18-17-29(40-30)27-15-8-9-16-28(27)34/h2-9,11-18H,10,19-24H2,1H3/t33-/m0/s1. The molecule has 1 aromatic heterocycles. The van der Waals surface area contributed by atoms with E-state index in [1.165, 1.54) is 6.07 Å². The van der Waals surface area contributed by atoms with E-state index in [4.69, 9.17) is 9.15 Å². The Balaban J connectivity index is 1.34. The van der Waals surface area contributed by atoms with Crippen LogP contribution in [-0.4, -0.2) is 48.4 Å².